The Morgan fingerprint density at radius 3 is 1.65 bits per heavy atom. The Balaban J connectivity index is 0. The molecule has 106 valence electrons. The van der Waals surface area contributed by atoms with Crippen molar-refractivity contribution in [2.75, 3.05) is 6.61 Å². The first-order valence-corrected chi connectivity index (χ1v) is 7.83. The van der Waals surface area contributed by atoms with Crippen LogP contribution in [0.1, 0.15) is 91.9 Å². The number of rotatable bonds is 10. The van der Waals surface area contributed by atoms with Crippen LogP contribution in [0.4, 0.5) is 0 Å². The zero-order valence-electron chi connectivity index (χ0n) is 12.8. The molecular weight excluding hydrogens is 208 g/mol. The monoisotopic (exact) mass is 244 g/mol. The molecule has 0 aromatic carbocycles. The van der Waals surface area contributed by atoms with Gasteiger partial charge >= 0.3 is 0 Å². The van der Waals surface area contributed by atoms with Gasteiger partial charge in [-0.25, -0.2) is 0 Å². The summed E-state index contributed by atoms with van der Waals surface area (Å²) in [5, 5.41) is 7.57. The van der Waals surface area contributed by atoms with Gasteiger partial charge in [-0.05, 0) is 12.8 Å². The normalized spacial score (nSPS) is 11.8. The van der Waals surface area contributed by atoms with Crippen LogP contribution in [0.2, 0.25) is 0 Å². The van der Waals surface area contributed by atoms with E-state index in [0.29, 0.717) is 0 Å². The highest BCUT2D eigenvalue weighted by Gasteiger charge is 2.00. The minimum Gasteiger partial charge on any atom is -0.397 e. The second kappa shape index (κ2) is 18.3. The van der Waals surface area contributed by atoms with Crippen LogP contribution in [-0.2, 0) is 0 Å². The Morgan fingerprint density at radius 2 is 1.12 bits per heavy atom. The van der Waals surface area contributed by atoms with Crippen molar-refractivity contribution in [3.8, 4) is 0 Å². The van der Waals surface area contributed by atoms with Gasteiger partial charge in [-0.2, -0.15) is 0 Å². The molecule has 0 radical (unpaired) electrons. The first-order valence-electron chi connectivity index (χ1n) is 7.83. The smallest absolute Gasteiger partial charge is 0.0402 e. The van der Waals surface area contributed by atoms with E-state index in [-0.39, 0.29) is 6.61 Å². The van der Waals surface area contributed by atoms with Crippen LogP contribution in [0, 0.1) is 5.92 Å². The molecule has 1 nitrogen and oxygen atoms in total. The molecule has 0 aromatic rings. The molecule has 0 rings (SSSR count). The summed E-state index contributed by atoms with van der Waals surface area (Å²) in [6.07, 6.45) is 14.4. The predicted octanol–water partition coefficient (Wildman–Crippen LogP) is 5.56. The quantitative estimate of drug-likeness (QED) is 0.499. The number of hydrogen-bond donors (Lipinski definition) is 1. The van der Waals surface area contributed by atoms with Gasteiger partial charge in [0.2, 0.25) is 0 Å². The molecule has 0 bridgehead atoms. The average Bonchev–Trinajstić information content (AvgIpc) is 2.32. The van der Waals surface area contributed by atoms with E-state index in [1.807, 2.05) is 0 Å². The lowest BCUT2D eigenvalue weighted by Gasteiger charge is -2.09. The van der Waals surface area contributed by atoms with Crippen molar-refractivity contribution < 1.29 is 5.11 Å². The van der Waals surface area contributed by atoms with Crippen LogP contribution >= 0.6 is 0 Å². The molecule has 0 heterocycles. The standard InChI is InChI=1S/C14H30.C2H6O/c1-4-6-8-9-10-11-13-14(3)12-7-5-2;1-2-3/h14H,4-13H2,1-3H3;3H,2H2,1H3. The summed E-state index contributed by atoms with van der Waals surface area (Å²) in [4.78, 5) is 0. The Morgan fingerprint density at radius 1 is 0.706 bits per heavy atom. The summed E-state index contributed by atoms with van der Waals surface area (Å²) in [7, 11) is 0. The molecule has 0 fully saturated rings. The molecule has 0 saturated carbocycles. The zero-order chi connectivity index (χ0) is 13.4. The topological polar surface area (TPSA) is 20.2 Å². The van der Waals surface area contributed by atoms with Gasteiger partial charge < -0.3 is 5.11 Å². The number of unbranched alkanes of at least 4 members (excludes halogenated alkanes) is 6. The lowest BCUT2D eigenvalue weighted by atomic mass is 9.97. The van der Waals surface area contributed by atoms with E-state index < -0.39 is 0 Å². The molecule has 0 aliphatic carbocycles. The molecule has 0 saturated heterocycles. The Labute approximate surface area is 110 Å². The van der Waals surface area contributed by atoms with Crippen LogP contribution in [0.3, 0.4) is 0 Å². The summed E-state index contributed by atoms with van der Waals surface area (Å²) < 4.78 is 0. The number of aliphatic hydroxyl groups is 1. The van der Waals surface area contributed by atoms with Gasteiger partial charge in [-0.15, -0.1) is 0 Å². The van der Waals surface area contributed by atoms with Crippen molar-refractivity contribution in [2.45, 2.75) is 91.9 Å². The lowest BCUT2D eigenvalue weighted by molar-refractivity contribution is 0.318. The van der Waals surface area contributed by atoms with Crippen LogP contribution in [0.25, 0.3) is 0 Å². The highest BCUT2D eigenvalue weighted by Crippen LogP contribution is 2.16. The molecule has 0 amide bonds. The summed E-state index contributed by atoms with van der Waals surface area (Å²) in [5.41, 5.74) is 0. The van der Waals surface area contributed by atoms with Crippen LogP contribution < -0.4 is 0 Å². The van der Waals surface area contributed by atoms with Crippen molar-refractivity contribution >= 4 is 0 Å². The molecule has 17 heavy (non-hydrogen) atoms. The second-order valence-electron chi connectivity index (χ2n) is 5.12. The largest absolute Gasteiger partial charge is 0.397 e. The fourth-order valence-electron chi connectivity index (χ4n) is 1.97. The van der Waals surface area contributed by atoms with Gasteiger partial charge in [0.15, 0.2) is 0 Å². The maximum atomic E-state index is 7.57. The summed E-state index contributed by atoms with van der Waals surface area (Å²) >= 11 is 0. The van der Waals surface area contributed by atoms with Gasteiger partial charge in [0.05, 0.1) is 0 Å². The molecular formula is C16H36O. The predicted molar refractivity (Wildman–Crippen MR) is 79.4 cm³/mol. The zero-order valence-corrected chi connectivity index (χ0v) is 12.8. The van der Waals surface area contributed by atoms with Gasteiger partial charge in [-0.1, -0.05) is 85.0 Å². The van der Waals surface area contributed by atoms with Crippen LogP contribution in [0.15, 0.2) is 0 Å². The minimum absolute atomic E-state index is 0.250. The number of hydrogen-bond acceptors (Lipinski definition) is 1. The van der Waals surface area contributed by atoms with Crippen LogP contribution in [-0.4, -0.2) is 11.7 Å². The fourth-order valence-corrected chi connectivity index (χ4v) is 1.97. The first-order chi connectivity index (χ1) is 8.22. The van der Waals surface area contributed by atoms with E-state index in [2.05, 4.69) is 20.8 Å². The second-order valence-corrected chi connectivity index (χ2v) is 5.12. The summed E-state index contributed by atoms with van der Waals surface area (Å²) in [6.45, 7) is 8.92. The van der Waals surface area contributed by atoms with Crippen molar-refractivity contribution in [3.63, 3.8) is 0 Å². The molecule has 0 aliphatic heterocycles. The molecule has 1 heteroatoms. The van der Waals surface area contributed by atoms with Crippen molar-refractivity contribution in [1.82, 2.24) is 0 Å². The van der Waals surface area contributed by atoms with Gasteiger partial charge in [0.25, 0.3) is 0 Å². The van der Waals surface area contributed by atoms with Gasteiger partial charge in [-0.3, -0.25) is 0 Å². The molecule has 0 spiro atoms. The summed E-state index contributed by atoms with van der Waals surface area (Å²) in [6, 6.07) is 0. The van der Waals surface area contributed by atoms with E-state index in [0.717, 1.165) is 5.92 Å². The van der Waals surface area contributed by atoms with Gasteiger partial charge in [0.1, 0.15) is 0 Å². The van der Waals surface area contributed by atoms with E-state index in [9.17, 15) is 0 Å². The molecule has 1 unspecified atom stereocenters. The van der Waals surface area contributed by atoms with E-state index >= 15 is 0 Å². The average molecular weight is 244 g/mol. The summed E-state index contributed by atoms with van der Waals surface area (Å²) in [5.74, 6) is 0.973. The van der Waals surface area contributed by atoms with E-state index in [1.165, 1.54) is 64.2 Å². The minimum atomic E-state index is 0.250. The third-order valence-corrected chi connectivity index (χ3v) is 3.10. The Bertz CT molecular complexity index is 112. The lowest BCUT2D eigenvalue weighted by Crippen LogP contribution is -1.94. The van der Waals surface area contributed by atoms with Crippen LogP contribution in [0.5, 0.6) is 0 Å². The maximum absolute atomic E-state index is 7.57. The fraction of sp³-hybridized carbons (Fsp3) is 1.00. The van der Waals surface area contributed by atoms with E-state index in [1.54, 1.807) is 6.92 Å². The molecule has 1 N–H and O–H groups in total. The third-order valence-electron chi connectivity index (χ3n) is 3.10. The SMILES string of the molecule is CCCCCCCCC(C)CCCC.CCO. The maximum Gasteiger partial charge on any atom is 0.0402 e. The van der Waals surface area contributed by atoms with Crippen molar-refractivity contribution in [3.05, 3.63) is 0 Å². The third kappa shape index (κ3) is 21.7. The van der Waals surface area contributed by atoms with Crippen molar-refractivity contribution in [1.29, 1.82) is 0 Å². The highest BCUT2D eigenvalue weighted by molar-refractivity contribution is 4.54. The highest BCUT2D eigenvalue weighted by atomic mass is 16.2. The number of aliphatic hydroxyl groups excluding tert-OH is 1. The van der Waals surface area contributed by atoms with E-state index in [4.69, 9.17) is 5.11 Å². The molecule has 1 atom stereocenters. The van der Waals surface area contributed by atoms with Crippen molar-refractivity contribution in [2.24, 2.45) is 5.92 Å². The Hall–Kier alpha value is -0.0400. The molecule has 0 aromatic heterocycles. The van der Waals surface area contributed by atoms with Gasteiger partial charge in [0, 0.05) is 6.61 Å². The Kier molecular flexibility index (Phi) is 20.8. The molecule has 0 aliphatic rings. The first kappa shape index (κ1) is 19.3.